The van der Waals surface area contributed by atoms with Crippen molar-refractivity contribution in [3.05, 3.63) is 24.0 Å². The second-order valence-electron chi connectivity index (χ2n) is 4.24. The summed E-state index contributed by atoms with van der Waals surface area (Å²) in [5.74, 6) is 2.41. The Morgan fingerprint density at radius 1 is 1.78 bits per heavy atom. The second-order valence-corrected chi connectivity index (χ2v) is 4.24. The number of hydrogen-bond acceptors (Lipinski definition) is 3. The second kappa shape index (κ2) is 5.25. The molecule has 18 heavy (non-hydrogen) atoms. The number of nitrogens with zero attached hydrogens (tertiary/aromatic N) is 1. The molecule has 0 bridgehead atoms. The number of rotatable bonds is 2. The van der Waals surface area contributed by atoms with E-state index in [-0.39, 0.29) is 24.7 Å². The van der Waals surface area contributed by atoms with Crippen LogP contribution in [0.2, 0.25) is 0 Å². The van der Waals surface area contributed by atoms with Crippen molar-refractivity contribution in [3.8, 4) is 12.3 Å². The quantitative estimate of drug-likeness (QED) is 0.710. The number of carbonyl (C=O) groups is 1. The first-order valence-electron chi connectivity index (χ1n) is 5.86. The SMILES string of the molecule is C#CC1CC(CO)OC1N1C=C/C(=C\C)NC1=O. The third-order valence-electron chi connectivity index (χ3n) is 3.10. The van der Waals surface area contributed by atoms with Gasteiger partial charge in [-0.05, 0) is 19.4 Å². The van der Waals surface area contributed by atoms with E-state index in [1.807, 2.05) is 6.92 Å². The van der Waals surface area contributed by atoms with Gasteiger partial charge in [-0.25, -0.2) is 4.79 Å². The average Bonchev–Trinajstić information content (AvgIpc) is 2.81. The maximum Gasteiger partial charge on any atom is 0.328 e. The Morgan fingerprint density at radius 3 is 3.11 bits per heavy atom. The number of aliphatic hydroxyl groups excluding tert-OH is 1. The van der Waals surface area contributed by atoms with Crippen LogP contribution >= 0.6 is 0 Å². The minimum atomic E-state index is -0.512. The fourth-order valence-corrected chi connectivity index (χ4v) is 2.10. The van der Waals surface area contributed by atoms with Crippen LogP contribution in [0.3, 0.4) is 0 Å². The van der Waals surface area contributed by atoms with Crippen molar-refractivity contribution in [1.29, 1.82) is 0 Å². The Labute approximate surface area is 106 Å². The van der Waals surface area contributed by atoms with Crippen molar-refractivity contribution in [2.45, 2.75) is 25.7 Å². The van der Waals surface area contributed by atoms with Crippen LogP contribution in [0.25, 0.3) is 0 Å². The largest absolute Gasteiger partial charge is 0.394 e. The number of allylic oxidation sites excluding steroid dienone is 2. The summed E-state index contributed by atoms with van der Waals surface area (Å²) in [6.07, 6.45) is 10.4. The van der Waals surface area contributed by atoms with Gasteiger partial charge in [0.2, 0.25) is 0 Å². The van der Waals surface area contributed by atoms with Gasteiger partial charge in [0.05, 0.1) is 18.6 Å². The van der Waals surface area contributed by atoms with Crippen LogP contribution in [0.15, 0.2) is 24.0 Å². The Kier molecular flexibility index (Phi) is 3.70. The molecule has 2 aliphatic heterocycles. The normalized spacial score (nSPS) is 33.6. The Morgan fingerprint density at radius 2 is 2.56 bits per heavy atom. The molecule has 0 spiro atoms. The van der Waals surface area contributed by atoms with E-state index in [2.05, 4.69) is 11.2 Å². The van der Waals surface area contributed by atoms with E-state index in [9.17, 15) is 4.79 Å². The highest BCUT2D eigenvalue weighted by Crippen LogP contribution is 2.29. The summed E-state index contributed by atoms with van der Waals surface area (Å²) in [6.45, 7) is 1.75. The minimum Gasteiger partial charge on any atom is -0.394 e. The van der Waals surface area contributed by atoms with E-state index in [1.54, 1.807) is 18.4 Å². The van der Waals surface area contributed by atoms with Gasteiger partial charge in [-0.3, -0.25) is 4.90 Å². The molecule has 2 heterocycles. The molecule has 1 fully saturated rings. The van der Waals surface area contributed by atoms with Gasteiger partial charge in [-0.15, -0.1) is 6.42 Å². The van der Waals surface area contributed by atoms with E-state index in [1.165, 1.54) is 4.90 Å². The molecular weight excluding hydrogens is 232 g/mol. The summed E-state index contributed by atoms with van der Waals surface area (Å²) < 4.78 is 5.59. The molecule has 2 rings (SSSR count). The molecule has 0 aromatic heterocycles. The summed E-state index contributed by atoms with van der Waals surface area (Å²) in [7, 11) is 0. The summed E-state index contributed by atoms with van der Waals surface area (Å²) in [4.78, 5) is 13.4. The first-order chi connectivity index (χ1) is 8.69. The van der Waals surface area contributed by atoms with Crippen LogP contribution in [0.1, 0.15) is 13.3 Å². The third kappa shape index (κ3) is 2.26. The number of aliphatic hydroxyl groups is 1. The first kappa shape index (κ1) is 12.7. The van der Waals surface area contributed by atoms with Crippen molar-refractivity contribution < 1.29 is 14.6 Å². The molecule has 0 radical (unpaired) electrons. The van der Waals surface area contributed by atoms with Gasteiger partial charge < -0.3 is 15.2 Å². The molecule has 96 valence electrons. The van der Waals surface area contributed by atoms with Crippen molar-refractivity contribution in [1.82, 2.24) is 10.2 Å². The lowest BCUT2D eigenvalue weighted by atomic mass is 10.0. The van der Waals surface area contributed by atoms with Crippen molar-refractivity contribution >= 4 is 6.03 Å². The molecule has 1 saturated heterocycles. The van der Waals surface area contributed by atoms with E-state index < -0.39 is 6.23 Å². The highest BCUT2D eigenvalue weighted by molar-refractivity contribution is 5.79. The van der Waals surface area contributed by atoms with E-state index in [0.717, 1.165) is 5.70 Å². The van der Waals surface area contributed by atoms with Gasteiger partial charge in [-0.2, -0.15) is 0 Å². The summed E-state index contributed by atoms with van der Waals surface area (Å²) in [5, 5.41) is 11.8. The van der Waals surface area contributed by atoms with Crippen molar-refractivity contribution in [2.75, 3.05) is 6.61 Å². The standard InChI is InChI=1S/C13H16N2O3/c1-3-9-7-11(8-16)18-12(9)15-6-5-10(4-2)14-13(15)17/h1,4-6,9,11-12,16H,7-8H2,2H3,(H,14,17)/b10-4+. The number of carbonyl (C=O) groups excluding carboxylic acids is 1. The maximum atomic E-state index is 11.9. The lowest BCUT2D eigenvalue weighted by Gasteiger charge is -2.30. The van der Waals surface area contributed by atoms with Gasteiger partial charge in [0.1, 0.15) is 0 Å². The molecule has 0 aromatic carbocycles. The van der Waals surface area contributed by atoms with Crippen LogP contribution in [-0.2, 0) is 4.74 Å². The molecular formula is C13H16N2O3. The molecule has 0 aliphatic carbocycles. The highest BCUT2D eigenvalue weighted by Gasteiger charge is 2.39. The number of ether oxygens (including phenoxy) is 1. The summed E-state index contributed by atoms with van der Waals surface area (Å²) in [5.41, 5.74) is 0.741. The van der Waals surface area contributed by atoms with Gasteiger partial charge in [0.15, 0.2) is 6.23 Å². The zero-order valence-corrected chi connectivity index (χ0v) is 10.2. The Hall–Kier alpha value is -1.77. The molecule has 2 amide bonds. The number of urea groups is 1. The lowest BCUT2D eigenvalue weighted by Crippen LogP contribution is -2.47. The minimum absolute atomic E-state index is 0.0893. The van der Waals surface area contributed by atoms with E-state index in [4.69, 9.17) is 16.3 Å². The lowest BCUT2D eigenvalue weighted by molar-refractivity contribution is -0.0422. The molecule has 0 aromatic rings. The molecule has 0 saturated carbocycles. The summed E-state index contributed by atoms with van der Waals surface area (Å²) >= 11 is 0. The molecule has 3 unspecified atom stereocenters. The van der Waals surface area contributed by atoms with Crippen LogP contribution in [0.5, 0.6) is 0 Å². The van der Waals surface area contributed by atoms with Gasteiger partial charge >= 0.3 is 6.03 Å². The van der Waals surface area contributed by atoms with Gasteiger partial charge in [0, 0.05) is 11.9 Å². The predicted octanol–water partition coefficient (Wildman–Crippen LogP) is 0.786. The fraction of sp³-hybridized carbons (Fsp3) is 0.462. The van der Waals surface area contributed by atoms with Gasteiger partial charge in [0.25, 0.3) is 0 Å². The van der Waals surface area contributed by atoms with Crippen LogP contribution in [-0.4, -0.2) is 35.0 Å². The van der Waals surface area contributed by atoms with Crippen LogP contribution in [0, 0.1) is 18.3 Å². The first-order valence-corrected chi connectivity index (χ1v) is 5.86. The zero-order chi connectivity index (χ0) is 13.1. The molecule has 5 heteroatoms. The average molecular weight is 248 g/mol. The van der Waals surface area contributed by atoms with Crippen LogP contribution < -0.4 is 5.32 Å². The van der Waals surface area contributed by atoms with E-state index in [0.29, 0.717) is 6.42 Å². The third-order valence-corrected chi connectivity index (χ3v) is 3.10. The predicted molar refractivity (Wildman–Crippen MR) is 66.0 cm³/mol. The number of terminal acetylenes is 1. The Bertz CT molecular complexity index is 436. The molecule has 3 atom stereocenters. The smallest absolute Gasteiger partial charge is 0.328 e. The van der Waals surface area contributed by atoms with Crippen molar-refractivity contribution in [2.24, 2.45) is 5.92 Å². The zero-order valence-electron chi connectivity index (χ0n) is 10.2. The Balaban J connectivity index is 2.17. The summed E-state index contributed by atoms with van der Waals surface area (Å²) in [6, 6.07) is -0.269. The monoisotopic (exact) mass is 248 g/mol. The number of nitrogens with one attached hydrogen (secondary N) is 1. The maximum absolute atomic E-state index is 11.9. The molecule has 5 nitrogen and oxygen atoms in total. The van der Waals surface area contributed by atoms with Gasteiger partial charge in [-0.1, -0.05) is 12.0 Å². The van der Waals surface area contributed by atoms with E-state index >= 15 is 0 Å². The fourth-order valence-electron chi connectivity index (χ4n) is 2.10. The highest BCUT2D eigenvalue weighted by atomic mass is 16.5. The van der Waals surface area contributed by atoms with Crippen LogP contribution in [0.4, 0.5) is 4.79 Å². The van der Waals surface area contributed by atoms with Crippen molar-refractivity contribution in [3.63, 3.8) is 0 Å². The topological polar surface area (TPSA) is 61.8 Å². The number of hydrogen-bond donors (Lipinski definition) is 2. The molecule has 2 aliphatic rings. The number of amides is 2. The molecule has 2 N–H and O–H groups in total.